The van der Waals surface area contributed by atoms with E-state index in [2.05, 4.69) is 34.3 Å². The zero-order chi connectivity index (χ0) is 38.3. The molecule has 0 bridgehead atoms. The van der Waals surface area contributed by atoms with Crippen LogP contribution in [0.2, 0.25) is 5.02 Å². The van der Waals surface area contributed by atoms with Crippen molar-refractivity contribution in [3.05, 3.63) is 81.4 Å². The molecule has 2 aromatic heterocycles. The summed E-state index contributed by atoms with van der Waals surface area (Å²) >= 11 is 7.01. The van der Waals surface area contributed by atoms with Crippen molar-refractivity contribution in [3.63, 3.8) is 0 Å². The van der Waals surface area contributed by atoms with Crippen LogP contribution in [0.25, 0.3) is 11.1 Å². The Balaban J connectivity index is 1.02. The number of nitrogens with one attached hydrogen (secondary N) is 2. The first-order chi connectivity index (χ1) is 25.9. The summed E-state index contributed by atoms with van der Waals surface area (Å²) in [6.45, 7) is 10.5. The first kappa shape index (κ1) is 37.8. The second kappa shape index (κ2) is 15.7. The third kappa shape index (κ3) is 7.56. The van der Waals surface area contributed by atoms with Crippen LogP contribution in [0.4, 0.5) is 11.4 Å². The maximum atomic E-state index is 13.7. The summed E-state index contributed by atoms with van der Waals surface area (Å²) in [6.07, 6.45) is 6.19. The number of nitrogens with zero attached hydrogens (tertiary/aromatic N) is 6. The van der Waals surface area contributed by atoms with Crippen molar-refractivity contribution in [3.8, 4) is 11.1 Å². The van der Waals surface area contributed by atoms with Crippen molar-refractivity contribution in [1.29, 1.82) is 0 Å². The molecular formula is C41H51ClN8O4. The molecule has 0 spiro atoms. The second-order valence-corrected chi connectivity index (χ2v) is 15.9. The number of carbonyl (C=O) groups is 3. The highest BCUT2D eigenvalue weighted by atomic mass is 35.5. The molecule has 54 heavy (non-hydrogen) atoms. The molecule has 0 saturated heterocycles. The average molecular weight is 755 g/mol. The predicted octanol–water partition coefficient (Wildman–Crippen LogP) is 6.69. The van der Waals surface area contributed by atoms with E-state index in [-0.39, 0.29) is 17.7 Å². The van der Waals surface area contributed by atoms with E-state index in [1.165, 1.54) is 0 Å². The van der Waals surface area contributed by atoms with Crippen LogP contribution in [-0.4, -0.2) is 77.5 Å². The number of carboxylic acids is 1. The molecule has 2 aromatic carbocycles. The molecule has 13 heteroatoms. The lowest BCUT2D eigenvalue weighted by molar-refractivity contribution is -0.143. The van der Waals surface area contributed by atoms with E-state index in [0.717, 1.165) is 111 Å². The summed E-state index contributed by atoms with van der Waals surface area (Å²) in [5, 5.41) is 15.8. The number of aliphatic carboxylic acids is 1. The van der Waals surface area contributed by atoms with Gasteiger partial charge < -0.3 is 24.9 Å². The van der Waals surface area contributed by atoms with Gasteiger partial charge in [-0.25, -0.2) is 9.97 Å². The van der Waals surface area contributed by atoms with Crippen LogP contribution >= 0.6 is 11.6 Å². The number of carbonyl (C=O) groups excluding carboxylic acids is 2. The van der Waals surface area contributed by atoms with Crippen molar-refractivity contribution in [2.75, 3.05) is 30.3 Å². The first-order valence-electron chi connectivity index (χ1n) is 19.2. The normalized spacial score (nSPS) is 19.0. The topological polar surface area (TPSA) is 138 Å². The molecule has 1 fully saturated rings. The number of hydrogen-bond donors (Lipinski definition) is 3. The van der Waals surface area contributed by atoms with Crippen LogP contribution in [0.1, 0.15) is 95.5 Å². The standard InChI is InChI=1S/C41H51ClN8O4/c1-24(2)50-21-18-35-33(23-50)44-37(48(35)5)39(51)45-30-10-6-8-28(25(30)3)29-9-7-11-31(36(29)42)46-40(52)38-43-32-22-49(20-17-34(32)47(38)4)19-16-26-12-14-27(15-13-26)41(53)54/h6-11,24,26-27H,12-23H2,1-5H3,(H,45,51)(H,46,52)(H,53,54). The molecule has 4 heterocycles. The molecule has 0 unspecified atom stereocenters. The van der Waals surface area contributed by atoms with Crippen molar-refractivity contribution in [1.82, 2.24) is 28.9 Å². The summed E-state index contributed by atoms with van der Waals surface area (Å²) in [5.74, 6) is -0.170. The zero-order valence-corrected chi connectivity index (χ0v) is 32.7. The van der Waals surface area contributed by atoms with Gasteiger partial charge in [-0.2, -0.15) is 0 Å². The average Bonchev–Trinajstić information content (AvgIpc) is 3.68. The van der Waals surface area contributed by atoms with Crippen molar-refractivity contribution >= 4 is 40.8 Å². The molecule has 0 atom stereocenters. The number of fused-ring (bicyclic) bond motifs is 2. The first-order valence-corrected chi connectivity index (χ1v) is 19.6. The lowest BCUT2D eigenvalue weighted by Crippen LogP contribution is -2.36. The quantitative estimate of drug-likeness (QED) is 0.163. The molecule has 7 rings (SSSR count). The molecule has 2 amide bonds. The Morgan fingerprint density at radius 2 is 1.41 bits per heavy atom. The smallest absolute Gasteiger partial charge is 0.306 e. The Bertz CT molecular complexity index is 2080. The summed E-state index contributed by atoms with van der Waals surface area (Å²) in [5.41, 5.74) is 7.58. The van der Waals surface area contributed by atoms with Gasteiger partial charge >= 0.3 is 5.97 Å². The van der Waals surface area contributed by atoms with E-state index in [4.69, 9.17) is 21.6 Å². The van der Waals surface area contributed by atoms with Crippen LogP contribution in [0.15, 0.2) is 36.4 Å². The number of amides is 2. The van der Waals surface area contributed by atoms with Gasteiger partial charge in [-0.05, 0) is 88.6 Å². The molecule has 286 valence electrons. The van der Waals surface area contributed by atoms with E-state index in [0.29, 0.717) is 46.6 Å². The Hall–Kier alpha value is -4.52. The van der Waals surface area contributed by atoms with Gasteiger partial charge in [0.25, 0.3) is 11.8 Å². The highest BCUT2D eigenvalue weighted by Crippen LogP contribution is 2.38. The maximum Gasteiger partial charge on any atom is 0.306 e. The van der Waals surface area contributed by atoms with Crippen molar-refractivity contribution in [2.24, 2.45) is 25.9 Å². The lowest BCUT2D eigenvalue weighted by Gasteiger charge is -2.30. The molecule has 3 aliphatic rings. The SMILES string of the molecule is Cc1c(NC(=O)c2nc3c(n2C)CCN(C(C)C)C3)cccc1-c1cccc(NC(=O)c2nc3c(n2C)CCN(CCC2CCC(C(=O)O)CC2)C3)c1Cl. The van der Waals surface area contributed by atoms with Gasteiger partial charge in [0.1, 0.15) is 0 Å². The van der Waals surface area contributed by atoms with E-state index in [1.54, 1.807) is 6.07 Å². The molecule has 1 saturated carbocycles. The van der Waals surface area contributed by atoms with Crippen molar-refractivity contribution < 1.29 is 19.5 Å². The molecule has 2 aliphatic heterocycles. The Labute approximate surface area is 321 Å². The number of rotatable bonds is 10. The van der Waals surface area contributed by atoms with Gasteiger partial charge in [0, 0.05) is 81.8 Å². The third-order valence-corrected chi connectivity index (χ3v) is 12.3. The van der Waals surface area contributed by atoms with Gasteiger partial charge in [0.15, 0.2) is 11.6 Å². The van der Waals surface area contributed by atoms with Crippen LogP contribution < -0.4 is 10.6 Å². The number of halogens is 1. The molecule has 0 radical (unpaired) electrons. The van der Waals surface area contributed by atoms with E-state index >= 15 is 0 Å². The summed E-state index contributed by atoms with van der Waals surface area (Å²) < 4.78 is 3.80. The Morgan fingerprint density at radius 1 is 0.833 bits per heavy atom. The molecular weight excluding hydrogens is 704 g/mol. The highest BCUT2D eigenvalue weighted by molar-refractivity contribution is 6.36. The number of aromatic nitrogens is 4. The largest absolute Gasteiger partial charge is 0.481 e. The van der Waals surface area contributed by atoms with Crippen LogP contribution in [0, 0.1) is 18.8 Å². The van der Waals surface area contributed by atoms with Crippen LogP contribution in [0.5, 0.6) is 0 Å². The molecule has 3 N–H and O–H groups in total. The summed E-state index contributed by atoms with van der Waals surface area (Å²) in [7, 11) is 3.79. The van der Waals surface area contributed by atoms with Gasteiger partial charge in [-0.3, -0.25) is 24.2 Å². The van der Waals surface area contributed by atoms with Crippen molar-refractivity contribution in [2.45, 2.75) is 84.8 Å². The Kier molecular flexibility index (Phi) is 11.0. The fourth-order valence-electron chi connectivity index (χ4n) is 8.49. The van der Waals surface area contributed by atoms with Gasteiger partial charge in [-0.1, -0.05) is 35.9 Å². The molecule has 1 aliphatic carbocycles. The number of carboxylic acid groups (broad SMARTS) is 1. The van der Waals surface area contributed by atoms with E-state index in [1.807, 2.05) is 60.5 Å². The van der Waals surface area contributed by atoms with Gasteiger partial charge in [0.2, 0.25) is 0 Å². The fourth-order valence-corrected chi connectivity index (χ4v) is 8.76. The van der Waals surface area contributed by atoms with Gasteiger partial charge in [-0.15, -0.1) is 0 Å². The minimum Gasteiger partial charge on any atom is -0.481 e. The second-order valence-electron chi connectivity index (χ2n) is 15.5. The molecule has 12 nitrogen and oxygen atoms in total. The van der Waals surface area contributed by atoms with Crippen LogP contribution in [0.3, 0.4) is 0 Å². The maximum absolute atomic E-state index is 13.7. The number of anilines is 2. The Morgan fingerprint density at radius 3 is 2.04 bits per heavy atom. The lowest BCUT2D eigenvalue weighted by atomic mass is 9.80. The van der Waals surface area contributed by atoms with E-state index < -0.39 is 5.97 Å². The third-order valence-electron chi connectivity index (χ3n) is 11.9. The minimum atomic E-state index is -0.664. The predicted molar refractivity (Wildman–Crippen MR) is 210 cm³/mol. The number of hydrogen-bond acceptors (Lipinski definition) is 7. The van der Waals surface area contributed by atoms with Crippen LogP contribution in [-0.2, 0) is 44.8 Å². The highest BCUT2D eigenvalue weighted by Gasteiger charge is 2.30. The summed E-state index contributed by atoms with van der Waals surface area (Å²) in [6, 6.07) is 11.7. The number of benzene rings is 2. The van der Waals surface area contributed by atoms with E-state index in [9.17, 15) is 19.5 Å². The fraction of sp³-hybridized carbons (Fsp3) is 0.488. The van der Waals surface area contributed by atoms with Gasteiger partial charge in [0.05, 0.1) is 28.0 Å². The number of imidazole rings is 2. The minimum absolute atomic E-state index is 0.190. The zero-order valence-electron chi connectivity index (χ0n) is 31.9. The molecule has 4 aromatic rings. The summed E-state index contributed by atoms with van der Waals surface area (Å²) in [4.78, 5) is 52.9. The monoisotopic (exact) mass is 754 g/mol.